The molecule has 14 heavy (non-hydrogen) atoms. The minimum atomic E-state index is -0.993. The molecule has 1 saturated carbocycles. The molecule has 1 N–H and O–H groups in total. The van der Waals surface area contributed by atoms with Crippen LogP contribution in [0.1, 0.15) is 32.6 Å². The van der Waals surface area contributed by atoms with Crippen LogP contribution in [-0.2, 0) is 4.79 Å². The smallest absolute Gasteiger partial charge is 0.321 e. The van der Waals surface area contributed by atoms with E-state index in [4.69, 9.17) is 10.4 Å². The molecule has 0 aromatic heterocycles. The van der Waals surface area contributed by atoms with Crippen LogP contribution in [0, 0.1) is 22.7 Å². The molecule has 0 spiro atoms. The lowest BCUT2D eigenvalue weighted by Gasteiger charge is -2.27. The maximum atomic E-state index is 10.9. The number of rotatable bonds is 3. The SMILES string of the molecule is C/C=C/C1(C(C#N)C(=O)O)CCCC1. The van der Waals surface area contributed by atoms with E-state index in [1.807, 2.05) is 25.1 Å². The molecule has 1 unspecified atom stereocenters. The van der Waals surface area contributed by atoms with E-state index < -0.39 is 17.3 Å². The van der Waals surface area contributed by atoms with E-state index in [2.05, 4.69) is 0 Å². The lowest BCUT2D eigenvalue weighted by Crippen LogP contribution is -2.31. The van der Waals surface area contributed by atoms with Gasteiger partial charge in [0.1, 0.15) is 0 Å². The van der Waals surface area contributed by atoms with Crippen molar-refractivity contribution in [3.63, 3.8) is 0 Å². The first-order valence-corrected chi connectivity index (χ1v) is 4.92. The van der Waals surface area contributed by atoms with Gasteiger partial charge in [0.05, 0.1) is 6.07 Å². The number of carbonyl (C=O) groups is 1. The van der Waals surface area contributed by atoms with E-state index in [9.17, 15) is 4.79 Å². The fraction of sp³-hybridized carbons (Fsp3) is 0.636. The van der Waals surface area contributed by atoms with Crippen molar-refractivity contribution in [2.45, 2.75) is 32.6 Å². The molecule has 0 aliphatic heterocycles. The van der Waals surface area contributed by atoms with Crippen molar-refractivity contribution in [1.82, 2.24) is 0 Å². The van der Waals surface area contributed by atoms with Crippen molar-refractivity contribution in [2.24, 2.45) is 11.3 Å². The first-order valence-electron chi connectivity index (χ1n) is 4.92. The van der Waals surface area contributed by atoms with Crippen molar-refractivity contribution in [3.8, 4) is 6.07 Å². The van der Waals surface area contributed by atoms with E-state index in [0.717, 1.165) is 25.7 Å². The molecule has 1 atom stereocenters. The highest BCUT2D eigenvalue weighted by Crippen LogP contribution is 2.45. The van der Waals surface area contributed by atoms with Gasteiger partial charge in [-0.25, -0.2) is 0 Å². The molecule has 76 valence electrons. The van der Waals surface area contributed by atoms with Gasteiger partial charge in [-0.05, 0) is 19.8 Å². The number of nitrogens with zero attached hydrogens (tertiary/aromatic N) is 1. The van der Waals surface area contributed by atoms with E-state index in [0.29, 0.717) is 0 Å². The van der Waals surface area contributed by atoms with Gasteiger partial charge in [0.15, 0.2) is 5.92 Å². The van der Waals surface area contributed by atoms with Crippen molar-refractivity contribution in [1.29, 1.82) is 5.26 Å². The summed E-state index contributed by atoms with van der Waals surface area (Å²) in [6.07, 6.45) is 7.45. The highest BCUT2D eigenvalue weighted by Gasteiger charge is 2.43. The minimum absolute atomic E-state index is 0.407. The number of nitriles is 1. The third kappa shape index (κ3) is 1.79. The third-order valence-corrected chi connectivity index (χ3v) is 2.98. The second kappa shape index (κ2) is 4.28. The first-order chi connectivity index (χ1) is 6.66. The molecule has 0 amide bonds. The number of aliphatic carboxylic acids is 1. The molecule has 3 heteroatoms. The Morgan fingerprint density at radius 2 is 2.14 bits per heavy atom. The predicted octanol–water partition coefficient (Wildman–Crippen LogP) is 2.35. The van der Waals surface area contributed by atoms with Gasteiger partial charge < -0.3 is 5.11 Å². The zero-order valence-electron chi connectivity index (χ0n) is 8.36. The summed E-state index contributed by atoms with van der Waals surface area (Å²) in [6.45, 7) is 1.87. The number of hydrogen-bond donors (Lipinski definition) is 1. The molecule has 0 aromatic carbocycles. The summed E-state index contributed by atoms with van der Waals surface area (Å²) >= 11 is 0. The molecular weight excluding hydrogens is 178 g/mol. The van der Waals surface area contributed by atoms with Crippen LogP contribution in [0.4, 0.5) is 0 Å². The number of carboxylic acid groups (broad SMARTS) is 1. The zero-order chi connectivity index (χ0) is 10.6. The van der Waals surface area contributed by atoms with Gasteiger partial charge in [-0.2, -0.15) is 5.26 Å². The Morgan fingerprint density at radius 3 is 2.50 bits per heavy atom. The van der Waals surface area contributed by atoms with Gasteiger partial charge in [0.25, 0.3) is 0 Å². The summed E-state index contributed by atoms with van der Waals surface area (Å²) in [5, 5.41) is 17.9. The summed E-state index contributed by atoms with van der Waals surface area (Å²) in [4.78, 5) is 10.9. The van der Waals surface area contributed by atoms with Crippen LogP contribution < -0.4 is 0 Å². The molecule has 0 aromatic rings. The van der Waals surface area contributed by atoms with Crippen LogP contribution in [0.2, 0.25) is 0 Å². The Kier molecular flexibility index (Phi) is 3.29. The van der Waals surface area contributed by atoms with Gasteiger partial charge in [-0.3, -0.25) is 4.79 Å². The largest absolute Gasteiger partial charge is 0.480 e. The molecule has 1 rings (SSSR count). The third-order valence-electron chi connectivity index (χ3n) is 2.98. The highest BCUT2D eigenvalue weighted by molar-refractivity contribution is 5.74. The fourth-order valence-electron chi connectivity index (χ4n) is 2.35. The van der Waals surface area contributed by atoms with Crippen LogP contribution in [0.3, 0.4) is 0 Å². The predicted molar refractivity (Wildman–Crippen MR) is 52.5 cm³/mol. The average Bonchev–Trinajstić information content (AvgIpc) is 2.55. The quantitative estimate of drug-likeness (QED) is 0.700. The van der Waals surface area contributed by atoms with E-state index >= 15 is 0 Å². The summed E-state index contributed by atoms with van der Waals surface area (Å²) in [5.74, 6) is -1.88. The normalized spacial score (nSPS) is 22.0. The van der Waals surface area contributed by atoms with Crippen LogP contribution in [0.5, 0.6) is 0 Å². The molecular formula is C11H15NO2. The Bertz CT molecular complexity index is 282. The Labute approximate surface area is 84.0 Å². The van der Waals surface area contributed by atoms with Crippen LogP contribution in [0.25, 0.3) is 0 Å². The maximum Gasteiger partial charge on any atom is 0.321 e. The van der Waals surface area contributed by atoms with Gasteiger partial charge >= 0.3 is 5.97 Å². The Hall–Kier alpha value is -1.30. The van der Waals surface area contributed by atoms with Crippen LogP contribution in [-0.4, -0.2) is 11.1 Å². The lowest BCUT2D eigenvalue weighted by molar-refractivity contribution is -0.142. The molecule has 3 nitrogen and oxygen atoms in total. The minimum Gasteiger partial charge on any atom is -0.480 e. The van der Waals surface area contributed by atoms with Crippen LogP contribution >= 0.6 is 0 Å². The van der Waals surface area contributed by atoms with E-state index in [-0.39, 0.29) is 0 Å². The second-order valence-corrected chi connectivity index (χ2v) is 3.84. The lowest BCUT2D eigenvalue weighted by atomic mass is 9.74. The first kappa shape index (κ1) is 10.8. The van der Waals surface area contributed by atoms with Crippen LogP contribution in [0.15, 0.2) is 12.2 Å². The summed E-state index contributed by atoms with van der Waals surface area (Å²) in [6, 6.07) is 1.92. The van der Waals surface area contributed by atoms with E-state index in [1.165, 1.54) is 0 Å². The van der Waals surface area contributed by atoms with Crippen molar-refractivity contribution >= 4 is 5.97 Å². The summed E-state index contributed by atoms with van der Waals surface area (Å²) in [5.41, 5.74) is -0.407. The van der Waals surface area contributed by atoms with Crippen molar-refractivity contribution in [2.75, 3.05) is 0 Å². The summed E-state index contributed by atoms with van der Waals surface area (Å²) in [7, 11) is 0. The monoisotopic (exact) mass is 193 g/mol. The van der Waals surface area contributed by atoms with Gasteiger partial charge in [-0.15, -0.1) is 0 Å². The molecule has 0 heterocycles. The van der Waals surface area contributed by atoms with Crippen molar-refractivity contribution < 1.29 is 9.90 Å². The summed E-state index contributed by atoms with van der Waals surface area (Å²) < 4.78 is 0. The molecule has 1 fully saturated rings. The molecule has 1 aliphatic rings. The molecule has 0 saturated heterocycles. The average molecular weight is 193 g/mol. The second-order valence-electron chi connectivity index (χ2n) is 3.84. The topological polar surface area (TPSA) is 61.1 Å². The number of hydrogen-bond acceptors (Lipinski definition) is 2. The van der Waals surface area contributed by atoms with E-state index in [1.54, 1.807) is 0 Å². The molecule has 0 radical (unpaired) electrons. The number of allylic oxidation sites excluding steroid dienone is 2. The molecule has 0 bridgehead atoms. The Balaban J connectivity index is 2.97. The zero-order valence-corrected chi connectivity index (χ0v) is 8.36. The molecule has 1 aliphatic carbocycles. The Morgan fingerprint density at radius 1 is 1.57 bits per heavy atom. The highest BCUT2D eigenvalue weighted by atomic mass is 16.4. The van der Waals surface area contributed by atoms with Gasteiger partial charge in [0.2, 0.25) is 0 Å². The fourth-order valence-corrected chi connectivity index (χ4v) is 2.35. The maximum absolute atomic E-state index is 10.9. The van der Waals surface area contributed by atoms with Crippen molar-refractivity contribution in [3.05, 3.63) is 12.2 Å². The van der Waals surface area contributed by atoms with Gasteiger partial charge in [0, 0.05) is 5.41 Å². The van der Waals surface area contributed by atoms with Gasteiger partial charge in [-0.1, -0.05) is 25.0 Å². The standard InChI is InChI=1S/C11H15NO2/c1-2-5-11(6-3-4-7-11)9(8-12)10(13)14/h2,5,9H,3-4,6-7H2,1H3,(H,13,14)/b5-2+. The number of carboxylic acids is 1.